The first-order chi connectivity index (χ1) is 12.1. The van der Waals surface area contributed by atoms with Crippen LogP contribution in [-0.2, 0) is 4.79 Å². The number of halogens is 1. The van der Waals surface area contributed by atoms with Crippen molar-refractivity contribution in [1.82, 2.24) is 0 Å². The lowest BCUT2D eigenvalue weighted by Gasteiger charge is -2.21. The summed E-state index contributed by atoms with van der Waals surface area (Å²) in [5.74, 6) is 0.431. The molecule has 0 bridgehead atoms. The highest BCUT2D eigenvalue weighted by Crippen LogP contribution is 2.27. The molecule has 2 aromatic rings. The molecule has 0 aliphatic carbocycles. The Kier molecular flexibility index (Phi) is 6.95. The van der Waals surface area contributed by atoms with Gasteiger partial charge in [-0.2, -0.15) is 0 Å². The van der Waals surface area contributed by atoms with Crippen LogP contribution in [-0.4, -0.2) is 32.7 Å². The van der Waals surface area contributed by atoms with Crippen LogP contribution in [0.5, 0.6) is 5.75 Å². The summed E-state index contributed by atoms with van der Waals surface area (Å²) in [5, 5.41) is 6.38. The highest BCUT2D eigenvalue weighted by atomic mass is 35.5. The predicted molar refractivity (Wildman–Crippen MR) is 105 cm³/mol. The first-order valence-corrected chi connectivity index (χ1v) is 8.67. The number of anilines is 3. The molecule has 1 amide bonds. The van der Waals surface area contributed by atoms with Gasteiger partial charge in [-0.3, -0.25) is 4.79 Å². The molecule has 0 aliphatic rings. The number of rotatable bonds is 8. The van der Waals surface area contributed by atoms with Gasteiger partial charge in [0.1, 0.15) is 5.75 Å². The summed E-state index contributed by atoms with van der Waals surface area (Å²) in [5.41, 5.74) is 2.71. The van der Waals surface area contributed by atoms with E-state index in [0.29, 0.717) is 16.5 Å². The molecule has 0 aliphatic heterocycles. The summed E-state index contributed by atoms with van der Waals surface area (Å²) < 4.78 is 5.09. The van der Waals surface area contributed by atoms with Crippen LogP contribution < -0.4 is 20.3 Å². The van der Waals surface area contributed by atoms with E-state index in [1.807, 2.05) is 12.1 Å². The summed E-state index contributed by atoms with van der Waals surface area (Å²) in [6, 6.07) is 13.2. The SMILES string of the molecule is CCN(CC)c1ccc(NCC(=O)Nc2ccc(OC)c(Cl)c2)cc1. The van der Waals surface area contributed by atoms with Crippen molar-refractivity contribution in [3.63, 3.8) is 0 Å². The predicted octanol–water partition coefficient (Wildman–Crippen LogP) is 4.25. The van der Waals surface area contributed by atoms with Gasteiger partial charge in [0.15, 0.2) is 0 Å². The Labute approximate surface area is 153 Å². The van der Waals surface area contributed by atoms with Gasteiger partial charge in [0.2, 0.25) is 5.91 Å². The number of hydrogen-bond acceptors (Lipinski definition) is 4. The van der Waals surface area contributed by atoms with Crippen molar-refractivity contribution in [2.75, 3.05) is 42.3 Å². The summed E-state index contributed by atoms with van der Waals surface area (Å²) in [4.78, 5) is 14.3. The van der Waals surface area contributed by atoms with E-state index in [2.05, 4.69) is 41.5 Å². The van der Waals surface area contributed by atoms with Gasteiger partial charge in [0.05, 0.1) is 18.7 Å². The highest BCUT2D eigenvalue weighted by molar-refractivity contribution is 6.32. The second-order valence-corrected chi connectivity index (χ2v) is 5.88. The Balaban J connectivity index is 1.88. The largest absolute Gasteiger partial charge is 0.495 e. The van der Waals surface area contributed by atoms with Crippen LogP contribution in [0.25, 0.3) is 0 Å². The Morgan fingerprint density at radius 2 is 1.72 bits per heavy atom. The van der Waals surface area contributed by atoms with Crippen molar-refractivity contribution in [1.29, 1.82) is 0 Å². The molecule has 0 heterocycles. The van der Waals surface area contributed by atoms with Gasteiger partial charge in [-0.1, -0.05) is 11.6 Å². The van der Waals surface area contributed by atoms with Crippen LogP contribution in [0.4, 0.5) is 17.1 Å². The molecular weight excluding hydrogens is 338 g/mol. The number of carbonyl (C=O) groups excluding carboxylic acids is 1. The third kappa shape index (κ3) is 5.29. The highest BCUT2D eigenvalue weighted by Gasteiger charge is 2.06. The molecule has 6 heteroatoms. The molecular formula is C19H24ClN3O2. The van der Waals surface area contributed by atoms with Crippen LogP contribution in [0.3, 0.4) is 0 Å². The Morgan fingerprint density at radius 3 is 2.28 bits per heavy atom. The molecule has 2 aromatic carbocycles. The zero-order valence-electron chi connectivity index (χ0n) is 14.8. The Bertz CT molecular complexity index is 700. The van der Waals surface area contributed by atoms with E-state index in [4.69, 9.17) is 16.3 Å². The van der Waals surface area contributed by atoms with Crippen LogP contribution in [0.1, 0.15) is 13.8 Å². The van der Waals surface area contributed by atoms with Crippen molar-refractivity contribution in [3.8, 4) is 5.75 Å². The number of nitrogens with one attached hydrogen (secondary N) is 2. The number of ether oxygens (including phenoxy) is 1. The minimum absolute atomic E-state index is 0.144. The third-order valence-electron chi connectivity index (χ3n) is 3.88. The van der Waals surface area contributed by atoms with Gasteiger partial charge >= 0.3 is 0 Å². The van der Waals surface area contributed by atoms with Crippen molar-refractivity contribution >= 4 is 34.6 Å². The molecule has 25 heavy (non-hydrogen) atoms. The number of carbonyl (C=O) groups is 1. The molecule has 0 radical (unpaired) electrons. The molecule has 2 rings (SSSR count). The van der Waals surface area contributed by atoms with Crippen LogP contribution >= 0.6 is 11.6 Å². The topological polar surface area (TPSA) is 53.6 Å². The number of benzene rings is 2. The van der Waals surface area contributed by atoms with E-state index in [0.717, 1.165) is 18.8 Å². The Morgan fingerprint density at radius 1 is 1.08 bits per heavy atom. The monoisotopic (exact) mass is 361 g/mol. The maximum absolute atomic E-state index is 12.1. The number of amides is 1. The minimum atomic E-state index is -0.144. The molecule has 0 atom stereocenters. The molecule has 0 saturated heterocycles. The summed E-state index contributed by atoms with van der Waals surface area (Å²) in [6.07, 6.45) is 0. The lowest BCUT2D eigenvalue weighted by molar-refractivity contribution is -0.114. The zero-order chi connectivity index (χ0) is 18.2. The van der Waals surface area contributed by atoms with E-state index in [-0.39, 0.29) is 12.5 Å². The van der Waals surface area contributed by atoms with Crippen molar-refractivity contribution in [2.45, 2.75) is 13.8 Å². The molecule has 0 unspecified atom stereocenters. The van der Waals surface area contributed by atoms with E-state index < -0.39 is 0 Å². The number of methoxy groups -OCH3 is 1. The van der Waals surface area contributed by atoms with E-state index in [9.17, 15) is 4.79 Å². The normalized spacial score (nSPS) is 10.2. The molecule has 0 fully saturated rings. The van der Waals surface area contributed by atoms with Gasteiger partial charge in [-0.25, -0.2) is 0 Å². The smallest absolute Gasteiger partial charge is 0.243 e. The van der Waals surface area contributed by atoms with Crippen molar-refractivity contribution in [3.05, 3.63) is 47.5 Å². The second-order valence-electron chi connectivity index (χ2n) is 5.47. The molecule has 134 valence electrons. The van der Waals surface area contributed by atoms with Gasteiger partial charge in [-0.05, 0) is 56.3 Å². The fourth-order valence-corrected chi connectivity index (χ4v) is 2.77. The fraction of sp³-hybridized carbons (Fsp3) is 0.316. The standard InChI is InChI=1S/C19H24ClN3O2/c1-4-23(5-2)16-9-6-14(7-10-16)21-13-19(24)22-15-8-11-18(25-3)17(20)12-15/h6-12,21H,4-5,13H2,1-3H3,(H,22,24). The molecule has 5 nitrogen and oxygen atoms in total. The second kappa shape index (κ2) is 9.18. The lowest BCUT2D eigenvalue weighted by atomic mass is 10.2. The fourth-order valence-electron chi connectivity index (χ4n) is 2.51. The van der Waals surface area contributed by atoms with Crippen LogP contribution in [0.15, 0.2) is 42.5 Å². The van der Waals surface area contributed by atoms with Crippen molar-refractivity contribution in [2.24, 2.45) is 0 Å². The Hall–Kier alpha value is -2.40. The average Bonchev–Trinajstić information content (AvgIpc) is 2.62. The quantitative estimate of drug-likeness (QED) is 0.738. The zero-order valence-corrected chi connectivity index (χ0v) is 15.6. The molecule has 2 N–H and O–H groups in total. The van der Waals surface area contributed by atoms with Gasteiger partial charge < -0.3 is 20.3 Å². The third-order valence-corrected chi connectivity index (χ3v) is 4.18. The van der Waals surface area contributed by atoms with Crippen LogP contribution in [0, 0.1) is 0 Å². The molecule has 0 saturated carbocycles. The first kappa shape index (κ1) is 18.9. The van der Waals surface area contributed by atoms with Crippen molar-refractivity contribution < 1.29 is 9.53 Å². The maximum Gasteiger partial charge on any atom is 0.243 e. The molecule has 0 spiro atoms. The molecule has 0 aromatic heterocycles. The number of nitrogens with zero attached hydrogens (tertiary/aromatic N) is 1. The lowest BCUT2D eigenvalue weighted by Crippen LogP contribution is -2.22. The van der Waals surface area contributed by atoms with Gasteiger partial charge in [0, 0.05) is 30.2 Å². The van der Waals surface area contributed by atoms with Gasteiger partial charge in [0.25, 0.3) is 0 Å². The van der Waals surface area contributed by atoms with E-state index in [1.165, 1.54) is 5.69 Å². The first-order valence-electron chi connectivity index (χ1n) is 8.29. The average molecular weight is 362 g/mol. The van der Waals surface area contributed by atoms with E-state index >= 15 is 0 Å². The summed E-state index contributed by atoms with van der Waals surface area (Å²) in [7, 11) is 1.55. The van der Waals surface area contributed by atoms with Crippen LogP contribution in [0.2, 0.25) is 5.02 Å². The minimum Gasteiger partial charge on any atom is -0.495 e. The number of hydrogen-bond donors (Lipinski definition) is 2. The van der Waals surface area contributed by atoms with Gasteiger partial charge in [-0.15, -0.1) is 0 Å². The summed E-state index contributed by atoms with van der Waals surface area (Å²) >= 11 is 6.05. The summed E-state index contributed by atoms with van der Waals surface area (Å²) in [6.45, 7) is 6.37. The van der Waals surface area contributed by atoms with E-state index in [1.54, 1.807) is 25.3 Å². The maximum atomic E-state index is 12.1.